The van der Waals surface area contributed by atoms with Crippen molar-refractivity contribution in [3.63, 3.8) is 0 Å². The lowest BCUT2D eigenvalue weighted by Crippen LogP contribution is -2.44. The van der Waals surface area contributed by atoms with Crippen molar-refractivity contribution in [2.24, 2.45) is 5.92 Å². The molecule has 1 aromatic rings. The van der Waals surface area contributed by atoms with Crippen molar-refractivity contribution < 1.29 is 14.3 Å². The van der Waals surface area contributed by atoms with Gasteiger partial charge in [0.05, 0.1) is 20.1 Å². The maximum absolute atomic E-state index is 12.6. The van der Waals surface area contributed by atoms with Crippen molar-refractivity contribution >= 4 is 5.91 Å². The minimum atomic E-state index is 0.124. The van der Waals surface area contributed by atoms with Crippen molar-refractivity contribution in [3.05, 3.63) is 23.8 Å². The highest BCUT2D eigenvalue weighted by Crippen LogP contribution is 2.29. The van der Waals surface area contributed by atoms with Crippen LogP contribution in [-0.4, -0.2) is 56.1 Å². The highest BCUT2D eigenvalue weighted by atomic mass is 16.5. The molecule has 1 aromatic carbocycles. The summed E-state index contributed by atoms with van der Waals surface area (Å²) in [5.74, 6) is 1.92. The Morgan fingerprint density at radius 1 is 1.21 bits per heavy atom. The molecule has 0 spiro atoms. The fourth-order valence-electron chi connectivity index (χ4n) is 3.43. The number of amides is 1. The maximum Gasteiger partial charge on any atom is 0.226 e. The van der Waals surface area contributed by atoms with E-state index < -0.39 is 0 Å². The number of hydrogen-bond donors (Lipinski definition) is 0. The van der Waals surface area contributed by atoms with Crippen LogP contribution in [0, 0.1) is 5.92 Å². The standard InChI is InChI=1S/C19H30N2O3/c1-5-21(6-2)19(22)16-8-7-11-20(14-16)13-15-9-10-17(23-3)18(12-15)24-4/h9-10,12,16H,5-8,11,13-14H2,1-4H3/t16-/m0/s1. The minimum Gasteiger partial charge on any atom is -0.493 e. The summed E-state index contributed by atoms with van der Waals surface area (Å²) in [7, 11) is 3.30. The molecule has 5 nitrogen and oxygen atoms in total. The number of methoxy groups -OCH3 is 2. The second kappa shape index (κ2) is 8.92. The molecule has 24 heavy (non-hydrogen) atoms. The second-order valence-corrected chi connectivity index (χ2v) is 6.27. The average molecular weight is 334 g/mol. The molecule has 1 fully saturated rings. The van der Waals surface area contributed by atoms with E-state index in [1.54, 1.807) is 14.2 Å². The third-order valence-electron chi connectivity index (χ3n) is 4.78. The van der Waals surface area contributed by atoms with Gasteiger partial charge in [0.1, 0.15) is 0 Å². The van der Waals surface area contributed by atoms with Gasteiger partial charge in [0.2, 0.25) is 5.91 Å². The molecule has 1 aliphatic rings. The van der Waals surface area contributed by atoms with Gasteiger partial charge in [0.15, 0.2) is 11.5 Å². The topological polar surface area (TPSA) is 42.0 Å². The summed E-state index contributed by atoms with van der Waals surface area (Å²) in [6.45, 7) is 8.39. The Morgan fingerprint density at radius 3 is 2.54 bits per heavy atom. The normalized spacial score (nSPS) is 18.2. The summed E-state index contributed by atoms with van der Waals surface area (Å²) < 4.78 is 10.7. The van der Waals surface area contributed by atoms with Crippen LogP contribution in [0.25, 0.3) is 0 Å². The van der Waals surface area contributed by atoms with Gasteiger partial charge in [0, 0.05) is 26.2 Å². The zero-order valence-electron chi connectivity index (χ0n) is 15.4. The van der Waals surface area contributed by atoms with Gasteiger partial charge in [-0.2, -0.15) is 0 Å². The van der Waals surface area contributed by atoms with Gasteiger partial charge in [-0.3, -0.25) is 9.69 Å². The molecule has 1 amide bonds. The second-order valence-electron chi connectivity index (χ2n) is 6.27. The van der Waals surface area contributed by atoms with Crippen LogP contribution in [-0.2, 0) is 11.3 Å². The minimum absolute atomic E-state index is 0.124. The van der Waals surface area contributed by atoms with E-state index in [2.05, 4.69) is 11.0 Å². The number of hydrogen-bond acceptors (Lipinski definition) is 4. The third-order valence-corrected chi connectivity index (χ3v) is 4.78. The molecule has 0 bridgehead atoms. The lowest BCUT2D eigenvalue weighted by Gasteiger charge is -2.34. The van der Waals surface area contributed by atoms with Gasteiger partial charge in [-0.25, -0.2) is 0 Å². The van der Waals surface area contributed by atoms with E-state index in [1.165, 1.54) is 5.56 Å². The predicted octanol–water partition coefficient (Wildman–Crippen LogP) is 2.78. The Kier molecular flexibility index (Phi) is 6.91. The van der Waals surface area contributed by atoms with E-state index >= 15 is 0 Å². The number of nitrogens with zero attached hydrogens (tertiary/aromatic N) is 2. The Labute approximate surface area is 145 Å². The third kappa shape index (κ3) is 4.41. The van der Waals surface area contributed by atoms with Crippen LogP contribution in [0.15, 0.2) is 18.2 Å². The largest absolute Gasteiger partial charge is 0.493 e. The van der Waals surface area contributed by atoms with Crippen LogP contribution in [0.5, 0.6) is 11.5 Å². The van der Waals surface area contributed by atoms with Crippen LogP contribution in [0.4, 0.5) is 0 Å². The SMILES string of the molecule is CCN(CC)C(=O)[C@H]1CCCN(Cc2ccc(OC)c(OC)c2)C1. The summed E-state index contributed by atoms with van der Waals surface area (Å²) in [5.41, 5.74) is 1.18. The number of rotatable bonds is 7. The van der Waals surface area contributed by atoms with E-state index in [9.17, 15) is 4.79 Å². The van der Waals surface area contributed by atoms with Crippen molar-refractivity contribution in [2.75, 3.05) is 40.4 Å². The van der Waals surface area contributed by atoms with E-state index in [0.717, 1.165) is 57.1 Å². The molecule has 1 heterocycles. The number of piperidine rings is 1. The molecule has 0 saturated carbocycles. The van der Waals surface area contributed by atoms with E-state index in [0.29, 0.717) is 5.91 Å². The van der Waals surface area contributed by atoms with Gasteiger partial charge in [-0.05, 0) is 50.9 Å². The van der Waals surface area contributed by atoms with Crippen LogP contribution in [0.3, 0.4) is 0 Å². The zero-order valence-corrected chi connectivity index (χ0v) is 15.4. The first kappa shape index (κ1) is 18.6. The molecule has 0 N–H and O–H groups in total. The van der Waals surface area contributed by atoms with Gasteiger partial charge in [0.25, 0.3) is 0 Å². The van der Waals surface area contributed by atoms with Crippen molar-refractivity contribution in [1.29, 1.82) is 0 Å². The predicted molar refractivity (Wildman–Crippen MR) is 95.5 cm³/mol. The van der Waals surface area contributed by atoms with Gasteiger partial charge in [-0.1, -0.05) is 6.07 Å². The zero-order chi connectivity index (χ0) is 17.5. The molecule has 1 saturated heterocycles. The van der Waals surface area contributed by atoms with Crippen LogP contribution >= 0.6 is 0 Å². The maximum atomic E-state index is 12.6. The van der Waals surface area contributed by atoms with Crippen molar-refractivity contribution in [3.8, 4) is 11.5 Å². The summed E-state index contributed by atoms with van der Waals surface area (Å²) in [6.07, 6.45) is 2.07. The number of benzene rings is 1. The smallest absolute Gasteiger partial charge is 0.226 e. The molecule has 5 heteroatoms. The van der Waals surface area contributed by atoms with Gasteiger partial charge in [-0.15, -0.1) is 0 Å². The Balaban J connectivity index is 2.01. The molecule has 0 aliphatic carbocycles. The van der Waals surface area contributed by atoms with Crippen LogP contribution in [0.2, 0.25) is 0 Å². The summed E-state index contributed by atoms with van der Waals surface area (Å²) in [4.78, 5) is 16.9. The summed E-state index contributed by atoms with van der Waals surface area (Å²) >= 11 is 0. The average Bonchev–Trinajstić information content (AvgIpc) is 2.62. The summed E-state index contributed by atoms with van der Waals surface area (Å²) in [6, 6.07) is 6.03. The van der Waals surface area contributed by atoms with Gasteiger partial charge >= 0.3 is 0 Å². The molecule has 134 valence electrons. The molecule has 0 unspecified atom stereocenters. The molecular weight excluding hydrogens is 304 g/mol. The molecule has 1 atom stereocenters. The quantitative estimate of drug-likeness (QED) is 0.769. The van der Waals surface area contributed by atoms with Crippen molar-refractivity contribution in [2.45, 2.75) is 33.2 Å². The van der Waals surface area contributed by atoms with Gasteiger partial charge < -0.3 is 14.4 Å². The van der Waals surface area contributed by atoms with E-state index in [4.69, 9.17) is 9.47 Å². The Hall–Kier alpha value is -1.75. The van der Waals surface area contributed by atoms with E-state index in [-0.39, 0.29) is 5.92 Å². The Morgan fingerprint density at radius 2 is 1.92 bits per heavy atom. The first-order valence-electron chi connectivity index (χ1n) is 8.84. The first-order valence-corrected chi connectivity index (χ1v) is 8.84. The fourth-order valence-corrected chi connectivity index (χ4v) is 3.43. The number of carbonyl (C=O) groups is 1. The molecule has 2 rings (SSSR count). The highest BCUT2D eigenvalue weighted by molar-refractivity contribution is 5.79. The lowest BCUT2D eigenvalue weighted by atomic mass is 9.96. The molecular formula is C19H30N2O3. The summed E-state index contributed by atoms with van der Waals surface area (Å²) in [5, 5.41) is 0. The molecule has 1 aliphatic heterocycles. The fraction of sp³-hybridized carbons (Fsp3) is 0.632. The van der Waals surface area contributed by atoms with Crippen LogP contribution < -0.4 is 9.47 Å². The van der Waals surface area contributed by atoms with Crippen LogP contribution in [0.1, 0.15) is 32.3 Å². The molecule has 0 aromatic heterocycles. The molecule has 0 radical (unpaired) electrons. The number of likely N-dealkylation sites (tertiary alicyclic amines) is 1. The van der Waals surface area contributed by atoms with E-state index in [1.807, 2.05) is 30.9 Å². The first-order chi connectivity index (χ1) is 11.6. The Bertz CT molecular complexity index is 543. The highest BCUT2D eigenvalue weighted by Gasteiger charge is 2.28. The number of carbonyl (C=O) groups excluding carboxylic acids is 1. The van der Waals surface area contributed by atoms with Crippen molar-refractivity contribution in [1.82, 2.24) is 9.80 Å². The monoisotopic (exact) mass is 334 g/mol. The lowest BCUT2D eigenvalue weighted by molar-refractivity contribution is -0.137. The number of ether oxygens (including phenoxy) is 2.